The molecule has 0 aliphatic heterocycles. The number of carboxylic acids is 1. The van der Waals surface area contributed by atoms with Gasteiger partial charge in [-0.2, -0.15) is 0 Å². The summed E-state index contributed by atoms with van der Waals surface area (Å²) in [7, 11) is 1.73. The summed E-state index contributed by atoms with van der Waals surface area (Å²) in [4.78, 5) is 34.3. The first-order chi connectivity index (χ1) is 17.8. The molecule has 0 atom stereocenters. The van der Waals surface area contributed by atoms with Crippen molar-refractivity contribution in [2.45, 2.75) is 19.3 Å². The number of aliphatic carboxylic acids is 1. The van der Waals surface area contributed by atoms with Gasteiger partial charge >= 0.3 is 11.7 Å². The number of benzene rings is 3. The highest BCUT2D eigenvalue weighted by Crippen LogP contribution is 2.31. The molecule has 0 amide bonds. The summed E-state index contributed by atoms with van der Waals surface area (Å²) in [5, 5.41) is 11.5. The third-order valence-electron chi connectivity index (χ3n) is 7.19. The maximum Gasteiger partial charge on any atom is 0.333 e. The van der Waals surface area contributed by atoms with E-state index in [-0.39, 0.29) is 5.69 Å². The van der Waals surface area contributed by atoms with Crippen LogP contribution in [0.2, 0.25) is 0 Å². The zero-order valence-electron chi connectivity index (χ0n) is 20.6. The Labute approximate surface area is 212 Å². The molecule has 0 fully saturated rings. The summed E-state index contributed by atoms with van der Waals surface area (Å²) >= 11 is 0. The van der Waals surface area contributed by atoms with Crippen LogP contribution in [0, 0.1) is 0 Å². The fraction of sp³-hybridized carbons (Fsp3) is 0.133. The average molecular weight is 489 g/mol. The smallest absolute Gasteiger partial charge is 0.333 e. The van der Waals surface area contributed by atoms with E-state index in [1.807, 2.05) is 48.7 Å². The average Bonchev–Trinajstić information content (AvgIpc) is 3.18. The number of nitrogens with zero attached hydrogens (tertiary/aromatic N) is 4. The SMILES string of the molecule is Cn1c(=O)n(-c2ccc(C(C)(C)C(=O)O)cc2)c2c3cc(-c4cnc5ccccc5c4)ccc3ncc21. The molecule has 0 saturated heterocycles. The number of carboxylic acid groups (broad SMARTS) is 1. The van der Waals surface area contributed by atoms with E-state index in [0.29, 0.717) is 16.8 Å². The standard InChI is InChI=1S/C30H24N4O3/c1-30(2,28(35)36)21-9-11-22(12-10-21)34-27-23-15-18(20-14-19-6-4-5-7-24(19)31-16-20)8-13-25(23)32-17-26(27)33(3)29(34)37/h4-17H,1-3H3,(H,35,36). The Bertz CT molecular complexity index is 1910. The van der Waals surface area contributed by atoms with E-state index in [1.165, 1.54) is 0 Å². The highest BCUT2D eigenvalue weighted by atomic mass is 16.4. The Morgan fingerprint density at radius 3 is 2.35 bits per heavy atom. The highest BCUT2D eigenvalue weighted by molar-refractivity contribution is 6.05. The molecule has 0 bridgehead atoms. The first-order valence-corrected chi connectivity index (χ1v) is 12.0. The van der Waals surface area contributed by atoms with Crippen LogP contribution in [0.4, 0.5) is 0 Å². The van der Waals surface area contributed by atoms with Gasteiger partial charge in [-0.3, -0.25) is 23.9 Å². The second kappa shape index (κ2) is 8.13. The van der Waals surface area contributed by atoms with Gasteiger partial charge in [-0.1, -0.05) is 36.4 Å². The van der Waals surface area contributed by atoms with Crippen molar-refractivity contribution in [1.82, 2.24) is 19.1 Å². The Hall–Kier alpha value is -4.78. The highest BCUT2D eigenvalue weighted by Gasteiger charge is 2.29. The number of carbonyl (C=O) groups is 1. The van der Waals surface area contributed by atoms with E-state index in [9.17, 15) is 14.7 Å². The Balaban J connectivity index is 1.58. The van der Waals surface area contributed by atoms with Gasteiger partial charge in [0.15, 0.2) is 0 Å². The molecule has 3 aromatic carbocycles. The van der Waals surface area contributed by atoms with Crippen LogP contribution in [0.25, 0.3) is 49.7 Å². The lowest BCUT2D eigenvalue weighted by atomic mass is 9.85. The minimum atomic E-state index is -1.04. The Kier molecular flexibility index (Phi) is 4.98. The molecule has 3 heterocycles. The second-order valence-corrected chi connectivity index (χ2v) is 9.79. The molecule has 6 rings (SSSR count). The molecule has 37 heavy (non-hydrogen) atoms. The van der Waals surface area contributed by atoms with Crippen LogP contribution < -0.4 is 5.69 Å². The maximum atomic E-state index is 13.4. The minimum Gasteiger partial charge on any atom is -0.481 e. The summed E-state index contributed by atoms with van der Waals surface area (Å²) in [6.07, 6.45) is 3.58. The molecule has 1 N–H and O–H groups in total. The number of pyridine rings is 2. The van der Waals surface area contributed by atoms with Crippen molar-refractivity contribution in [3.63, 3.8) is 0 Å². The van der Waals surface area contributed by atoms with Gasteiger partial charge in [-0.25, -0.2) is 4.79 Å². The lowest BCUT2D eigenvalue weighted by Gasteiger charge is -2.20. The van der Waals surface area contributed by atoms with Crippen molar-refractivity contribution in [2.75, 3.05) is 0 Å². The molecule has 7 heteroatoms. The number of rotatable bonds is 4. The van der Waals surface area contributed by atoms with E-state index in [0.717, 1.165) is 38.4 Å². The van der Waals surface area contributed by atoms with E-state index >= 15 is 0 Å². The molecule has 0 radical (unpaired) electrons. The van der Waals surface area contributed by atoms with Crippen LogP contribution in [0.3, 0.4) is 0 Å². The number of fused-ring (bicyclic) bond motifs is 4. The largest absolute Gasteiger partial charge is 0.481 e. The van der Waals surface area contributed by atoms with Gasteiger partial charge in [0.25, 0.3) is 0 Å². The normalized spacial score (nSPS) is 12.0. The van der Waals surface area contributed by atoms with Crippen LogP contribution >= 0.6 is 0 Å². The van der Waals surface area contributed by atoms with Gasteiger partial charge in [-0.15, -0.1) is 0 Å². The predicted octanol–water partition coefficient (Wildman–Crippen LogP) is 5.45. The first-order valence-electron chi connectivity index (χ1n) is 12.0. The van der Waals surface area contributed by atoms with Gasteiger partial charge in [0, 0.05) is 29.6 Å². The van der Waals surface area contributed by atoms with Crippen LogP contribution in [-0.4, -0.2) is 30.2 Å². The van der Waals surface area contributed by atoms with Crippen molar-refractivity contribution in [2.24, 2.45) is 7.05 Å². The first kappa shape index (κ1) is 22.7. The van der Waals surface area contributed by atoms with E-state index in [1.54, 1.807) is 60.5 Å². The zero-order chi connectivity index (χ0) is 25.9. The predicted molar refractivity (Wildman–Crippen MR) is 145 cm³/mol. The molecule has 6 aromatic rings. The van der Waals surface area contributed by atoms with Crippen molar-refractivity contribution >= 4 is 38.8 Å². The number of aryl methyl sites for hydroxylation is 1. The van der Waals surface area contributed by atoms with Crippen molar-refractivity contribution < 1.29 is 9.90 Å². The monoisotopic (exact) mass is 488 g/mol. The number of aromatic nitrogens is 4. The van der Waals surface area contributed by atoms with Crippen LogP contribution in [0.15, 0.2) is 90.0 Å². The fourth-order valence-corrected chi connectivity index (χ4v) is 4.80. The van der Waals surface area contributed by atoms with E-state index in [4.69, 9.17) is 0 Å². The summed E-state index contributed by atoms with van der Waals surface area (Å²) in [6.45, 7) is 3.33. The number of para-hydroxylation sites is 1. The topological polar surface area (TPSA) is 90.0 Å². The molecule has 0 saturated carbocycles. The molecule has 3 aromatic heterocycles. The summed E-state index contributed by atoms with van der Waals surface area (Å²) in [6, 6.07) is 23.2. The van der Waals surface area contributed by atoms with Gasteiger partial charge in [0.1, 0.15) is 0 Å². The maximum absolute atomic E-state index is 13.4. The number of hydrogen-bond acceptors (Lipinski definition) is 4. The fourth-order valence-electron chi connectivity index (χ4n) is 4.80. The minimum absolute atomic E-state index is 0.202. The molecule has 0 aliphatic rings. The Morgan fingerprint density at radius 1 is 0.865 bits per heavy atom. The lowest BCUT2D eigenvalue weighted by molar-refractivity contribution is -0.142. The van der Waals surface area contributed by atoms with Crippen LogP contribution in [-0.2, 0) is 17.3 Å². The van der Waals surface area contributed by atoms with E-state index < -0.39 is 11.4 Å². The molecular weight excluding hydrogens is 464 g/mol. The molecule has 182 valence electrons. The Morgan fingerprint density at radius 2 is 1.59 bits per heavy atom. The van der Waals surface area contributed by atoms with Gasteiger partial charge in [0.05, 0.1) is 39.4 Å². The van der Waals surface area contributed by atoms with Crippen LogP contribution in [0.5, 0.6) is 0 Å². The molecule has 0 aliphatic carbocycles. The molecule has 0 spiro atoms. The van der Waals surface area contributed by atoms with Gasteiger partial charge in [-0.05, 0) is 61.4 Å². The van der Waals surface area contributed by atoms with E-state index in [2.05, 4.69) is 16.0 Å². The quantitative estimate of drug-likeness (QED) is 0.356. The summed E-state index contributed by atoms with van der Waals surface area (Å²) in [5.74, 6) is -0.907. The third kappa shape index (κ3) is 3.50. The molecule has 0 unspecified atom stereocenters. The molecule has 7 nitrogen and oxygen atoms in total. The van der Waals surface area contributed by atoms with Gasteiger partial charge in [0.2, 0.25) is 0 Å². The number of hydrogen-bond donors (Lipinski definition) is 1. The second-order valence-electron chi connectivity index (χ2n) is 9.79. The van der Waals surface area contributed by atoms with Crippen molar-refractivity contribution in [3.05, 3.63) is 101 Å². The zero-order valence-corrected chi connectivity index (χ0v) is 20.6. The summed E-state index contributed by atoms with van der Waals surface area (Å²) in [5.41, 5.74) is 5.19. The van der Waals surface area contributed by atoms with Gasteiger partial charge < -0.3 is 5.11 Å². The van der Waals surface area contributed by atoms with Crippen LogP contribution in [0.1, 0.15) is 19.4 Å². The van der Waals surface area contributed by atoms with Crippen molar-refractivity contribution in [1.29, 1.82) is 0 Å². The lowest BCUT2D eigenvalue weighted by Crippen LogP contribution is -2.28. The molecular formula is C30H24N4O3. The summed E-state index contributed by atoms with van der Waals surface area (Å²) < 4.78 is 3.25. The number of imidazole rings is 1. The van der Waals surface area contributed by atoms with Crippen molar-refractivity contribution in [3.8, 4) is 16.8 Å². The third-order valence-corrected chi connectivity index (χ3v) is 7.19.